The predicted octanol–water partition coefficient (Wildman–Crippen LogP) is 8.28. The molecule has 1 heterocycles. The molecular weight excluding hydrogens is 469 g/mol. The Kier molecular flexibility index (Phi) is 9.58. The Morgan fingerprint density at radius 3 is 1.74 bits per heavy atom. The molecule has 166 valence electrons. The molecule has 0 unspecified atom stereocenters. The van der Waals surface area contributed by atoms with Crippen molar-refractivity contribution in [1.29, 1.82) is 0 Å². The third kappa shape index (κ3) is 7.36. The molecule has 6 heteroatoms. The SMILES string of the molecule is CC(=Nc1ccccc1C)c1ccc(C(C)=Nc2ccccc2C(C)(C)C)[nH]1.[Cl][Fe][Cl]. The normalized spacial score (nSPS) is 12.5. The monoisotopic (exact) mass is 497 g/mol. The van der Waals surface area contributed by atoms with Crippen LogP contribution in [0, 0.1) is 6.92 Å². The summed E-state index contributed by atoms with van der Waals surface area (Å²) >= 11 is 0.194. The number of para-hydroxylation sites is 2. The predicted molar refractivity (Wildman–Crippen MR) is 133 cm³/mol. The average Bonchev–Trinajstić information content (AvgIpc) is 3.20. The summed E-state index contributed by atoms with van der Waals surface area (Å²) in [7, 11) is 9.53. The van der Waals surface area contributed by atoms with Crippen LogP contribution in [-0.2, 0) is 18.5 Å². The molecule has 3 aromatic rings. The molecule has 2 aromatic carbocycles. The fraction of sp³-hybridized carbons (Fsp3) is 0.280. The minimum absolute atomic E-state index is 0.0536. The molecule has 0 spiro atoms. The van der Waals surface area contributed by atoms with Gasteiger partial charge in [-0.15, -0.1) is 0 Å². The number of aryl methyl sites for hydroxylation is 1. The number of hydrogen-bond acceptors (Lipinski definition) is 2. The molecule has 0 saturated carbocycles. The zero-order valence-corrected chi connectivity index (χ0v) is 21.4. The number of halogens is 2. The Balaban J connectivity index is 0.00000107. The van der Waals surface area contributed by atoms with Crippen LogP contribution in [0.3, 0.4) is 0 Å². The van der Waals surface area contributed by atoms with E-state index in [1.54, 1.807) is 0 Å². The van der Waals surface area contributed by atoms with Crippen LogP contribution in [0.5, 0.6) is 0 Å². The van der Waals surface area contributed by atoms with E-state index in [0.717, 1.165) is 34.2 Å². The summed E-state index contributed by atoms with van der Waals surface area (Å²) in [6.45, 7) is 12.8. The van der Waals surface area contributed by atoms with Crippen LogP contribution in [0.15, 0.2) is 70.6 Å². The van der Waals surface area contributed by atoms with Crippen molar-refractivity contribution in [1.82, 2.24) is 4.98 Å². The van der Waals surface area contributed by atoms with Gasteiger partial charge < -0.3 is 4.98 Å². The molecule has 0 aliphatic rings. The molecule has 3 rings (SSSR count). The molecular formula is C25H29Cl2FeN3. The van der Waals surface area contributed by atoms with E-state index < -0.39 is 0 Å². The Morgan fingerprint density at radius 1 is 0.774 bits per heavy atom. The van der Waals surface area contributed by atoms with E-state index in [9.17, 15) is 0 Å². The van der Waals surface area contributed by atoms with Gasteiger partial charge >= 0.3 is 33.3 Å². The van der Waals surface area contributed by atoms with Crippen molar-refractivity contribution in [2.45, 2.75) is 47.0 Å². The molecule has 0 atom stereocenters. The molecule has 31 heavy (non-hydrogen) atoms. The van der Waals surface area contributed by atoms with Crippen LogP contribution < -0.4 is 0 Å². The second-order valence-electron chi connectivity index (χ2n) is 8.28. The van der Waals surface area contributed by atoms with Gasteiger partial charge in [0, 0.05) is 0 Å². The fourth-order valence-electron chi connectivity index (χ4n) is 3.19. The van der Waals surface area contributed by atoms with Crippen molar-refractivity contribution < 1.29 is 13.1 Å². The number of H-pyrrole nitrogens is 1. The van der Waals surface area contributed by atoms with Gasteiger partial charge in [-0.05, 0) is 61.6 Å². The molecule has 0 radical (unpaired) electrons. The van der Waals surface area contributed by atoms with E-state index in [1.807, 2.05) is 38.1 Å². The number of aromatic amines is 1. The van der Waals surface area contributed by atoms with Gasteiger partial charge in [-0.2, -0.15) is 0 Å². The molecule has 0 aliphatic carbocycles. The van der Waals surface area contributed by atoms with Crippen LogP contribution in [-0.4, -0.2) is 16.4 Å². The van der Waals surface area contributed by atoms with Crippen LogP contribution in [0.25, 0.3) is 0 Å². The molecule has 0 amide bonds. The maximum atomic E-state index is 4.91. The van der Waals surface area contributed by atoms with Crippen molar-refractivity contribution in [2.75, 3.05) is 0 Å². The van der Waals surface area contributed by atoms with Gasteiger partial charge in [-0.1, -0.05) is 57.2 Å². The molecule has 3 nitrogen and oxygen atoms in total. The third-order valence-electron chi connectivity index (χ3n) is 4.87. The number of nitrogens with one attached hydrogen (secondary N) is 1. The summed E-state index contributed by atoms with van der Waals surface area (Å²) in [4.78, 5) is 13.2. The summed E-state index contributed by atoms with van der Waals surface area (Å²) in [5.74, 6) is 0. The zero-order valence-electron chi connectivity index (χ0n) is 18.8. The fourth-order valence-corrected chi connectivity index (χ4v) is 3.19. The van der Waals surface area contributed by atoms with Crippen molar-refractivity contribution in [3.63, 3.8) is 0 Å². The Hall–Kier alpha value is -1.84. The Labute approximate surface area is 200 Å². The summed E-state index contributed by atoms with van der Waals surface area (Å²) in [5.41, 5.74) is 8.45. The van der Waals surface area contributed by atoms with Crippen LogP contribution in [0.4, 0.5) is 11.4 Å². The molecule has 1 aromatic heterocycles. The summed E-state index contributed by atoms with van der Waals surface area (Å²) < 4.78 is 0. The zero-order chi connectivity index (χ0) is 23.0. The first-order chi connectivity index (χ1) is 14.7. The number of aromatic nitrogens is 1. The topological polar surface area (TPSA) is 40.5 Å². The summed E-state index contributed by atoms with van der Waals surface area (Å²) in [6, 6.07) is 20.7. The number of nitrogens with zero attached hydrogens (tertiary/aromatic N) is 2. The van der Waals surface area contributed by atoms with Gasteiger partial charge in [-0.25, -0.2) is 0 Å². The summed E-state index contributed by atoms with van der Waals surface area (Å²) in [6.07, 6.45) is 0. The van der Waals surface area contributed by atoms with Crippen molar-refractivity contribution in [3.8, 4) is 0 Å². The minimum atomic E-state index is 0.0536. The standard InChI is InChI=1S/C25H29N3.2ClH.Fe/c1-17-11-7-9-13-21(17)26-18(2)22-15-16-23(28-22)19(3)27-24-14-10-8-12-20(24)25(4,5)6;;;/h7-16,28H,1-6H3;2*1H;/q;;;+2/p-2. The van der Waals surface area contributed by atoms with Gasteiger partial charge in [0.2, 0.25) is 0 Å². The Morgan fingerprint density at radius 2 is 1.23 bits per heavy atom. The van der Waals surface area contributed by atoms with E-state index in [0.29, 0.717) is 0 Å². The van der Waals surface area contributed by atoms with Crippen molar-refractivity contribution in [2.24, 2.45) is 9.98 Å². The number of benzene rings is 2. The first-order valence-electron chi connectivity index (χ1n) is 9.98. The van der Waals surface area contributed by atoms with Gasteiger partial charge in [0.15, 0.2) is 0 Å². The maximum absolute atomic E-state index is 4.91. The quantitative estimate of drug-likeness (QED) is 0.278. The third-order valence-corrected chi connectivity index (χ3v) is 4.87. The van der Waals surface area contributed by atoms with Crippen molar-refractivity contribution >= 4 is 43.0 Å². The molecule has 1 N–H and O–H groups in total. The van der Waals surface area contributed by atoms with Crippen LogP contribution >= 0.6 is 20.2 Å². The Bertz CT molecular complexity index is 1060. The number of hydrogen-bond donors (Lipinski definition) is 1. The second-order valence-corrected chi connectivity index (χ2v) is 10.1. The van der Waals surface area contributed by atoms with E-state index in [1.165, 1.54) is 11.1 Å². The van der Waals surface area contributed by atoms with Crippen LogP contribution in [0.1, 0.15) is 57.1 Å². The molecule has 0 fully saturated rings. The van der Waals surface area contributed by atoms with Gasteiger partial charge in [0.25, 0.3) is 0 Å². The summed E-state index contributed by atoms with van der Waals surface area (Å²) in [5, 5.41) is 0. The van der Waals surface area contributed by atoms with Crippen molar-refractivity contribution in [3.05, 3.63) is 83.2 Å². The molecule has 0 aliphatic heterocycles. The number of aliphatic imine (C=N–C) groups is 2. The first kappa shape index (κ1) is 25.4. The van der Waals surface area contributed by atoms with E-state index in [2.05, 4.69) is 69.1 Å². The van der Waals surface area contributed by atoms with Gasteiger partial charge in [-0.3, -0.25) is 9.98 Å². The molecule has 0 saturated heterocycles. The van der Waals surface area contributed by atoms with E-state index in [-0.39, 0.29) is 18.5 Å². The second kappa shape index (κ2) is 11.7. The van der Waals surface area contributed by atoms with Gasteiger partial charge in [0.1, 0.15) is 0 Å². The first-order valence-corrected chi connectivity index (χ1v) is 13.0. The number of rotatable bonds is 4. The van der Waals surface area contributed by atoms with E-state index >= 15 is 0 Å². The average molecular weight is 498 g/mol. The van der Waals surface area contributed by atoms with E-state index in [4.69, 9.17) is 30.2 Å². The van der Waals surface area contributed by atoms with Gasteiger partial charge in [0.05, 0.1) is 34.2 Å². The van der Waals surface area contributed by atoms with Crippen LogP contribution in [0.2, 0.25) is 0 Å². The molecule has 0 bridgehead atoms.